The van der Waals surface area contributed by atoms with Gasteiger partial charge in [-0.1, -0.05) is 47.7 Å². The van der Waals surface area contributed by atoms with Crippen LogP contribution in [0.1, 0.15) is 21.5 Å². The lowest BCUT2D eigenvalue weighted by Gasteiger charge is -2.17. The summed E-state index contributed by atoms with van der Waals surface area (Å²) in [7, 11) is 0. The molecule has 4 aromatic rings. The van der Waals surface area contributed by atoms with Crippen molar-refractivity contribution in [2.75, 3.05) is 22.5 Å². The molecule has 0 saturated heterocycles. The summed E-state index contributed by atoms with van der Waals surface area (Å²) in [4.78, 5) is 27.3. The summed E-state index contributed by atoms with van der Waals surface area (Å²) in [6.07, 6.45) is 2.50. The van der Waals surface area contributed by atoms with Crippen LogP contribution in [-0.2, 0) is 11.2 Å². The van der Waals surface area contributed by atoms with Crippen molar-refractivity contribution in [2.24, 2.45) is 0 Å². The molecule has 0 aliphatic carbocycles. The second kappa shape index (κ2) is 9.52. The number of aromatic nitrogens is 3. The smallest absolute Gasteiger partial charge is 0.258 e. The van der Waals surface area contributed by atoms with Gasteiger partial charge < -0.3 is 10.2 Å². The molecule has 0 fully saturated rings. The number of carbonyl (C=O) groups is 2. The van der Waals surface area contributed by atoms with Gasteiger partial charge in [0.2, 0.25) is 5.91 Å². The summed E-state index contributed by atoms with van der Waals surface area (Å²) in [5.74, 6) is 0.000301. The molecule has 0 radical (unpaired) electrons. The molecule has 2 heterocycles. The molecular weight excluding hydrogens is 446 g/mol. The van der Waals surface area contributed by atoms with Crippen molar-refractivity contribution in [3.05, 3.63) is 95.8 Å². The average molecular weight is 470 g/mol. The molecule has 1 aromatic heterocycles. The molecule has 2 amide bonds. The van der Waals surface area contributed by atoms with Crippen molar-refractivity contribution in [1.82, 2.24) is 14.8 Å². The third-order valence-corrected chi connectivity index (χ3v) is 6.65. The maximum absolute atomic E-state index is 13.0. The van der Waals surface area contributed by atoms with Crippen LogP contribution in [0.15, 0.2) is 84.3 Å². The van der Waals surface area contributed by atoms with E-state index in [-0.39, 0.29) is 17.6 Å². The Morgan fingerprint density at radius 3 is 2.56 bits per heavy atom. The van der Waals surface area contributed by atoms with Crippen LogP contribution in [0, 0.1) is 6.92 Å². The van der Waals surface area contributed by atoms with E-state index in [0.717, 1.165) is 17.8 Å². The lowest BCUT2D eigenvalue weighted by molar-refractivity contribution is -0.113. The Morgan fingerprint density at radius 2 is 1.76 bits per heavy atom. The number of benzene rings is 3. The van der Waals surface area contributed by atoms with Gasteiger partial charge in [-0.2, -0.15) is 0 Å². The number of para-hydroxylation sites is 1. The van der Waals surface area contributed by atoms with Crippen LogP contribution >= 0.6 is 11.8 Å². The Hall–Kier alpha value is -3.91. The second-order valence-electron chi connectivity index (χ2n) is 8.07. The molecule has 7 nitrogen and oxygen atoms in total. The van der Waals surface area contributed by atoms with Crippen LogP contribution in [0.5, 0.6) is 0 Å². The number of amides is 2. The highest BCUT2D eigenvalue weighted by Gasteiger charge is 2.25. The number of carbonyl (C=O) groups excluding carboxylic acids is 2. The third kappa shape index (κ3) is 4.58. The number of hydrogen-bond acceptors (Lipinski definition) is 5. The molecule has 5 rings (SSSR count). The summed E-state index contributed by atoms with van der Waals surface area (Å²) >= 11 is 1.31. The number of aryl methyl sites for hydroxylation is 1. The molecule has 170 valence electrons. The van der Waals surface area contributed by atoms with Crippen molar-refractivity contribution >= 4 is 35.0 Å². The molecule has 1 N–H and O–H groups in total. The quantitative estimate of drug-likeness (QED) is 0.420. The number of rotatable bonds is 6. The van der Waals surface area contributed by atoms with Crippen LogP contribution in [0.25, 0.3) is 5.69 Å². The Morgan fingerprint density at radius 1 is 1.00 bits per heavy atom. The molecule has 0 spiro atoms. The molecule has 3 aromatic carbocycles. The minimum atomic E-state index is -0.156. The zero-order chi connectivity index (χ0) is 23.5. The number of nitrogens with one attached hydrogen (secondary N) is 1. The minimum absolute atomic E-state index is 0.0335. The fourth-order valence-corrected chi connectivity index (χ4v) is 4.66. The Bertz CT molecular complexity index is 1330. The van der Waals surface area contributed by atoms with Gasteiger partial charge in [0, 0.05) is 29.2 Å². The van der Waals surface area contributed by atoms with Crippen LogP contribution < -0.4 is 10.2 Å². The highest BCUT2D eigenvalue weighted by molar-refractivity contribution is 7.99. The van der Waals surface area contributed by atoms with Gasteiger partial charge in [0.1, 0.15) is 6.33 Å². The van der Waals surface area contributed by atoms with Crippen molar-refractivity contribution in [3.63, 3.8) is 0 Å². The topological polar surface area (TPSA) is 80.1 Å². The number of hydrogen-bond donors (Lipinski definition) is 1. The number of nitrogens with zero attached hydrogens (tertiary/aromatic N) is 4. The highest BCUT2D eigenvalue weighted by Crippen LogP contribution is 2.29. The molecule has 0 bridgehead atoms. The fraction of sp³-hybridized carbons (Fsp3) is 0.154. The van der Waals surface area contributed by atoms with Gasteiger partial charge in [0.15, 0.2) is 5.16 Å². The van der Waals surface area contributed by atoms with Gasteiger partial charge in [-0.3, -0.25) is 14.2 Å². The maximum atomic E-state index is 13.0. The van der Waals surface area contributed by atoms with Crippen molar-refractivity contribution < 1.29 is 9.59 Å². The maximum Gasteiger partial charge on any atom is 0.258 e. The van der Waals surface area contributed by atoms with Crippen molar-refractivity contribution in [2.45, 2.75) is 18.5 Å². The van der Waals surface area contributed by atoms with E-state index in [1.54, 1.807) is 30.6 Å². The zero-order valence-corrected chi connectivity index (χ0v) is 19.5. The standard InChI is InChI=1S/C26H23N5O2S/c1-18-6-12-22(13-7-18)31-17-27-29-26(31)34-16-24(32)28-21-10-8-20(9-11-21)25(33)30-15-14-19-4-2-3-5-23(19)30/h2-13,17H,14-16H2,1H3,(H,28,32). The SMILES string of the molecule is Cc1ccc(-n2cnnc2SCC(=O)Nc2ccc(C(=O)N3CCc4ccccc43)cc2)cc1. The lowest BCUT2D eigenvalue weighted by Crippen LogP contribution is -2.28. The van der Waals surface area contributed by atoms with Crippen LogP contribution in [0.2, 0.25) is 0 Å². The molecule has 1 aliphatic rings. The van der Waals surface area contributed by atoms with Gasteiger partial charge >= 0.3 is 0 Å². The molecular formula is C26H23N5O2S. The summed E-state index contributed by atoms with van der Waals surface area (Å²) in [5.41, 5.74) is 5.51. The Kier molecular flexibility index (Phi) is 6.14. The van der Waals surface area contributed by atoms with Gasteiger partial charge in [-0.05, 0) is 61.4 Å². The first kappa shape index (κ1) is 21.9. The molecule has 0 unspecified atom stereocenters. The fourth-order valence-electron chi connectivity index (χ4n) is 3.93. The first-order valence-electron chi connectivity index (χ1n) is 11.0. The molecule has 0 saturated carbocycles. The van der Waals surface area contributed by atoms with Crippen LogP contribution in [0.4, 0.5) is 11.4 Å². The first-order valence-corrected chi connectivity index (χ1v) is 12.0. The average Bonchev–Trinajstić information content (AvgIpc) is 3.50. The molecule has 34 heavy (non-hydrogen) atoms. The third-order valence-electron chi connectivity index (χ3n) is 5.71. The number of thioether (sulfide) groups is 1. The Balaban J connectivity index is 1.19. The summed E-state index contributed by atoms with van der Waals surface area (Å²) in [6, 6.07) is 23.0. The van der Waals surface area contributed by atoms with E-state index in [1.165, 1.54) is 22.9 Å². The zero-order valence-electron chi connectivity index (χ0n) is 18.6. The summed E-state index contributed by atoms with van der Waals surface area (Å²) in [6.45, 7) is 2.71. The van der Waals surface area contributed by atoms with Crippen LogP contribution in [0.3, 0.4) is 0 Å². The van der Waals surface area contributed by atoms with Crippen LogP contribution in [-0.4, -0.2) is 38.9 Å². The first-order chi connectivity index (χ1) is 16.6. The molecule has 8 heteroatoms. The van der Waals surface area contributed by atoms with Gasteiger partial charge in [0.25, 0.3) is 5.91 Å². The normalized spacial score (nSPS) is 12.4. The largest absolute Gasteiger partial charge is 0.325 e. The highest BCUT2D eigenvalue weighted by atomic mass is 32.2. The van der Waals surface area contributed by atoms with Gasteiger partial charge in [0.05, 0.1) is 5.75 Å². The minimum Gasteiger partial charge on any atom is -0.325 e. The predicted octanol–water partition coefficient (Wildman–Crippen LogP) is 4.51. The van der Waals surface area contributed by atoms with E-state index in [1.807, 2.05) is 58.9 Å². The Labute approximate surface area is 201 Å². The predicted molar refractivity (Wildman–Crippen MR) is 134 cm³/mol. The van der Waals surface area contributed by atoms with E-state index in [4.69, 9.17) is 0 Å². The number of fused-ring (bicyclic) bond motifs is 1. The molecule has 1 aliphatic heterocycles. The summed E-state index contributed by atoms with van der Waals surface area (Å²) in [5, 5.41) is 11.6. The van der Waals surface area contributed by atoms with Gasteiger partial charge in [-0.25, -0.2) is 0 Å². The van der Waals surface area contributed by atoms with Crippen molar-refractivity contribution in [1.29, 1.82) is 0 Å². The summed E-state index contributed by atoms with van der Waals surface area (Å²) < 4.78 is 1.86. The van der Waals surface area contributed by atoms with E-state index in [2.05, 4.69) is 21.6 Å². The van der Waals surface area contributed by atoms with E-state index in [0.29, 0.717) is 23.0 Å². The van der Waals surface area contributed by atoms with E-state index < -0.39 is 0 Å². The van der Waals surface area contributed by atoms with Crippen molar-refractivity contribution in [3.8, 4) is 5.69 Å². The van der Waals surface area contributed by atoms with E-state index >= 15 is 0 Å². The monoisotopic (exact) mass is 469 g/mol. The number of anilines is 2. The molecule has 0 atom stereocenters. The van der Waals surface area contributed by atoms with Gasteiger partial charge in [-0.15, -0.1) is 10.2 Å². The second-order valence-corrected chi connectivity index (χ2v) is 9.01. The van der Waals surface area contributed by atoms with E-state index in [9.17, 15) is 9.59 Å². The lowest BCUT2D eigenvalue weighted by atomic mass is 10.1.